The quantitative estimate of drug-likeness (QED) is 0.843. The van der Waals surface area contributed by atoms with Crippen molar-refractivity contribution >= 4 is 28.4 Å². The number of aromatic nitrogens is 1. The van der Waals surface area contributed by atoms with E-state index in [-0.39, 0.29) is 5.41 Å². The Balaban J connectivity index is 1.86. The zero-order chi connectivity index (χ0) is 10.5. The number of hydrogen-bond donors (Lipinski definition) is 1. The van der Waals surface area contributed by atoms with Gasteiger partial charge in [0.05, 0.1) is 6.61 Å². The van der Waals surface area contributed by atoms with Crippen LogP contribution in [0.2, 0.25) is 0 Å². The first kappa shape index (κ1) is 9.84. The fourth-order valence-corrected chi connectivity index (χ4v) is 3.22. The highest BCUT2D eigenvalue weighted by molar-refractivity contribution is 14.1. The van der Waals surface area contributed by atoms with Crippen LogP contribution in [0.5, 0.6) is 0 Å². The molecule has 3 heterocycles. The lowest BCUT2D eigenvalue weighted by molar-refractivity contribution is 0.0873. The van der Waals surface area contributed by atoms with Crippen LogP contribution in [0, 0.1) is 8.99 Å². The summed E-state index contributed by atoms with van der Waals surface area (Å²) < 4.78 is 1.22. The van der Waals surface area contributed by atoms with Gasteiger partial charge < -0.3 is 10.0 Å². The normalized spacial score (nSPS) is 32.9. The van der Waals surface area contributed by atoms with Gasteiger partial charge in [-0.1, -0.05) is 0 Å². The molecule has 0 atom stereocenters. The van der Waals surface area contributed by atoms with Gasteiger partial charge in [-0.2, -0.15) is 0 Å². The summed E-state index contributed by atoms with van der Waals surface area (Å²) in [5.74, 6) is 1.07. The highest BCUT2D eigenvalue weighted by atomic mass is 127. The van der Waals surface area contributed by atoms with E-state index >= 15 is 0 Å². The van der Waals surface area contributed by atoms with Crippen LogP contribution in [0.4, 0.5) is 5.82 Å². The number of pyridine rings is 1. The molecule has 1 aromatic rings. The van der Waals surface area contributed by atoms with Gasteiger partial charge in [0.2, 0.25) is 0 Å². The molecule has 1 saturated carbocycles. The van der Waals surface area contributed by atoms with Gasteiger partial charge in [-0.05, 0) is 47.6 Å². The number of fused-ring (bicyclic) bond motifs is 1. The van der Waals surface area contributed by atoms with Gasteiger partial charge in [0.15, 0.2) is 0 Å². The van der Waals surface area contributed by atoms with E-state index in [4.69, 9.17) is 0 Å². The zero-order valence-electron chi connectivity index (χ0n) is 8.36. The topological polar surface area (TPSA) is 36.4 Å². The monoisotopic (exact) mass is 316 g/mol. The molecule has 2 saturated heterocycles. The van der Waals surface area contributed by atoms with Crippen LogP contribution in [-0.2, 0) is 0 Å². The molecular formula is C11H13IN2O. The molecule has 0 unspecified atom stereocenters. The van der Waals surface area contributed by atoms with E-state index in [1.807, 2.05) is 12.3 Å². The van der Waals surface area contributed by atoms with Crippen LogP contribution in [0.3, 0.4) is 0 Å². The third kappa shape index (κ3) is 1.45. The Hall–Kier alpha value is -0.360. The third-order valence-electron chi connectivity index (χ3n) is 3.62. The smallest absolute Gasteiger partial charge is 0.129 e. The van der Waals surface area contributed by atoms with Crippen LogP contribution in [0.15, 0.2) is 18.3 Å². The lowest BCUT2D eigenvalue weighted by atomic mass is 9.71. The van der Waals surface area contributed by atoms with Crippen LogP contribution in [-0.4, -0.2) is 29.3 Å². The van der Waals surface area contributed by atoms with E-state index in [2.05, 4.69) is 38.5 Å². The predicted molar refractivity (Wildman–Crippen MR) is 66.8 cm³/mol. The molecule has 3 nitrogen and oxygen atoms in total. The SMILES string of the molecule is OCC12CC(C1)N(c1cc(I)ccn1)C2. The van der Waals surface area contributed by atoms with Gasteiger partial charge in [0, 0.05) is 27.8 Å². The Kier molecular flexibility index (Phi) is 2.17. The van der Waals surface area contributed by atoms with Gasteiger partial charge in [0.25, 0.3) is 0 Å². The molecule has 2 aliphatic heterocycles. The van der Waals surface area contributed by atoms with Crippen molar-refractivity contribution in [3.05, 3.63) is 21.9 Å². The molecule has 80 valence electrons. The Morgan fingerprint density at radius 3 is 3.00 bits per heavy atom. The molecule has 0 radical (unpaired) electrons. The van der Waals surface area contributed by atoms with Crippen LogP contribution < -0.4 is 4.90 Å². The van der Waals surface area contributed by atoms with Crippen LogP contribution >= 0.6 is 22.6 Å². The highest BCUT2D eigenvalue weighted by Gasteiger charge is 2.55. The van der Waals surface area contributed by atoms with Crippen molar-refractivity contribution in [2.45, 2.75) is 18.9 Å². The minimum atomic E-state index is 0.188. The summed E-state index contributed by atoms with van der Waals surface area (Å²) in [5, 5.41) is 9.33. The summed E-state index contributed by atoms with van der Waals surface area (Å²) in [6, 6.07) is 4.74. The summed E-state index contributed by atoms with van der Waals surface area (Å²) >= 11 is 2.31. The lowest BCUT2D eigenvalue weighted by Gasteiger charge is -2.35. The summed E-state index contributed by atoms with van der Waals surface area (Å²) in [4.78, 5) is 6.75. The first-order chi connectivity index (χ1) is 7.22. The summed E-state index contributed by atoms with van der Waals surface area (Å²) in [7, 11) is 0. The third-order valence-corrected chi connectivity index (χ3v) is 4.29. The molecule has 0 spiro atoms. The van der Waals surface area contributed by atoms with Crippen molar-refractivity contribution in [1.82, 2.24) is 4.98 Å². The molecule has 1 N–H and O–H groups in total. The van der Waals surface area contributed by atoms with Crippen molar-refractivity contribution in [3.63, 3.8) is 0 Å². The predicted octanol–water partition coefficient (Wildman–Crippen LogP) is 1.65. The van der Waals surface area contributed by atoms with Gasteiger partial charge in [-0.3, -0.25) is 0 Å². The number of hydrogen-bond acceptors (Lipinski definition) is 3. The van der Waals surface area contributed by atoms with Gasteiger partial charge in [-0.15, -0.1) is 0 Å². The second-order valence-corrected chi connectivity index (χ2v) is 5.93. The van der Waals surface area contributed by atoms with Crippen LogP contribution in [0.1, 0.15) is 12.8 Å². The molecular weight excluding hydrogens is 303 g/mol. The molecule has 3 fully saturated rings. The Morgan fingerprint density at radius 2 is 2.40 bits per heavy atom. The molecule has 3 aliphatic rings. The van der Waals surface area contributed by atoms with Crippen molar-refractivity contribution in [1.29, 1.82) is 0 Å². The van der Waals surface area contributed by atoms with E-state index in [9.17, 15) is 5.11 Å². The van der Waals surface area contributed by atoms with Crippen molar-refractivity contribution < 1.29 is 5.11 Å². The van der Waals surface area contributed by atoms with Gasteiger partial charge >= 0.3 is 0 Å². The lowest BCUT2D eigenvalue weighted by Crippen LogP contribution is -2.37. The van der Waals surface area contributed by atoms with Crippen molar-refractivity contribution in [2.75, 3.05) is 18.1 Å². The highest BCUT2D eigenvalue weighted by Crippen LogP contribution is 2.52. The molecule has 0 amide bonds. The molecule has 15 heavy (non-hydrogen) atoms. The maximum atomic E-state index is 9.33. The maximum Gasteiger partial charge on any atom is 0.129 e. The maximum absolute atomic E-state index is 9.33. The van der Waals surface area contributed by atoms with Gasteiger partial charge in [-0.25, -0.2) is 4.98 Å². The Morgan fingerprint density at radius 1 is 1.60 bits per heavy atom. The molecule has 4 rings (SSSR count). The molecule has 1 aliphatic carbocycles. The largest absolute Gasteiger partial charge is 0.396 e. The second kappa shape index (κ2) is 3.31. The van der Waals surface area contributed by atoms with Gasteiger partial charge in [0.1, 0.15) is 5.82 Å². The zero-order valence-corrected chi connectivity index (χ0v) is 10.5. The fourth-order valence-electron chi connectivity index (χ4n) is 2.78. The molecule has 4 heteroatoms. The van der Waals surface area contributed by atoms with Crippen molar-refractivity contribution in [2.24, 2.45) is 5.41 Å². The fraction of sp³-hybridized carbons (Fsp3) is 0.545. The summed E-state index contributed by atoms with van der Waals surface area (Å²) in [5.41, 5.74) is 0.188. The van der Waals surface area contributed by atoms with E-state index in [1.54, 1.807) is 0 Å². The minimum absolute atomic E-state index is 0.188. The number of aliphatic hydroxyl groups is 1. The Bertz CT molecular complexity index is 390. The van der Waals surface area contributed by atoms with E-state index in [0.29, 0.717) is 12.6 Å². The van der Waals surface area contributed by atoms with E-state index in [1.165, 1.54) is 3.57 Å². The van der Waals surface area contributed by atoms with Crippen molar-refractivity contribution in [3.8, 4) is 0 Å². The Labute approximate surface area is 103 Å². The number of aliphatic hydroxyl groups excluding tert-OH is 1. The average Bonchev–Trinajstić information content (AvgIpc) is 2.71. The van der Waals surface area contributed by atoms with Crippen LogP contribution in [0.25, 0.3) is 0 Å². The van der Waals surface area contributed by atoms with E-state index < -0.39 is 0 Å². The second-order valence-electron chi connectivity index (χ2n) is 4.68. The molecule has 0 aromatic carbocycles. The first-order valence-electron chi connectivity index (χ1n) is 5.22. The number of halogens is 1. The number of anilines is 1. The minimum Gasteiger partial charge on any atom is -0.396 e. The standard InChI is InChI=1S/C11H13IN2O/c12-8-1-2-13-10(3-8)14-6-11(7-15)4-9(14)5-11/h1-3,9,15H,4-7H2. The van der Waals surface area contributed by atoms with E-state index in [0.717, 1.165) is 25.2 Å². The average molecular weight is 316 g/mol. The number of rotatable bonds is 2. The number of nitrogens with zero attached hydrogens (tertiary/aromatic N) is 2. The molecule has 1 aromatic heterocycles. The molecule has 2 bridgehead atoms. The first-order valence-corrected chi connectivity index (χ1v) is 6.29. The summed E-state index contributed by atoms with van der Waals surface area (Å²) in [6.45, 7) is 1.30. The summed E-state index contributed by atoms with van der Waals surface area (Å²) in [6.07, 6.45) is 4.13.